The molecule has 0 unspecified atom stereocenters. The van der Waals surface area contributed by atoms with Crippen molar-refractivity contribution in [2.24, 2.45) is 0 Å². The Kier molecular flexibility index (Phi) is 5.40. The number of anilines is 1. The molecule has 0 spiro atoms. The summed E-state index contributed by atoms with van der Waals surface area (Å²) in [5.74, 6) is -0.586. The number of halogens is 3. The number of aliphatic hydroxyl groups excluding tert-OH is 1. The normalized spacial score (nSPS) is 12.5. The highest BCUT2D eigenvalue weighted by Crippen LogP contribution is 2.24. The Balaban J connectivity index is 2.16. The van der Waals surface area contributed by atoms with Gasteiger partial charge in [-0.1, -0.05) is 11.6 Å². The second-order valence-corrected chi connectivity index (χ2v) is 5.06. The highest BCUT2D eigenvalue weighted by molar-refractivity contribution is 6.06. The Morgan fingerprint density at radius 2 is 1.96 bits per heavy atom. The molecule has 0 bridgehead atoms. The van der Waals surface area contributed by atoms with Gasteiger partial charge >= 0.3 is 6.18 Å². The zero-order valence-electron chi connectivity index (χ0n) is 12.7. The minimum absolute atomic E-state index is 0.0459. The fourth-order valence-corrected chi connectivity index (χ4v) is 1.84. The van der Waals surface area contributed by atoms with Gasteiger partial charge in [-0.15, -0.1) is 0 Å². The number of hydrogen-bond acceptors (Lipinski definition) is 4. The summed E-state index contributed by atoms with van der Waals surface area (Å²) >= 11 is 0. The van der Waals surface area contributed by atoms with E-state index in [-0.39, 0.29) is 11.3 Å². The molecule has 128 valence electrons. The molecule has 8 heteroatoms. The Morgan fingerprint density at radius 3 is 2.58 bits per heavy atom. The number of nitrogens with zero attached hydrogens (tertiary/aromatic N) is 1. The topological polar surface area (TPSA) is 71.5 Å². The van der Waals surface area contributed by atoms with Crippen LogP contribution in [0.3, 0.4) is 0 Å². The summed E-state index contributed by atoms with van der Waals surface area (Å²) in [5.41, 5.74) is 1.29. The lowest BCUT2D eigenvalue weighted by Crippen LogP contribution is -2.34. The van der Waals surface area contributed by atoms with Crippen molar-refractivity contribution in [1.29, 1.82) is 0 Å². The van der Waals surface area contributed by atoms with E-state index in [1.807, 2.05) is 0 Å². The first-order valence-corrected chi connectivity index (χ1v) is 6.97. The van der Waals surface area contributed by atoms with Gasteiger partial charge in [-0.05, 0) is 31.2 Å². The Morgan fingerprint density at radius 1 is 1.29 bits per heavy atom. The van der Waals surface area contributed by atoms with E-state index < -0.39 is 24.8 Å². The van der Waals surface area contributed by atoms with Crippen LogP contribution in [0.2, 0.25) is 0 Å². The fourth-order valence-electron chi connectivity index (χ4n) is 1.84. The number of amides is 1. The molecule has 0 fully saturated rings. The lowest BCUT2D eigenvalue weighted by atomic mass is 10.1. The number of ether oxygens (including phenoxy) is 1. The van der Waals surface area contributed by atoms with E-state index >= 15 is 0 Å². The van der Waals surface area contributed by atoms with E-state index in [0.29, 0.717) is 5.69 Å². The summed E-state index contributed by atoms with van der Waals surface area (Å²) in [6, 6.07) is 7.62. The molecule has 0 aliphatic rings. The highest BCUT2D eigenvalue weighted by Gasteiger charge is 2.38. The number of aryl methyl sites for hydroxylation is 1. The molecule has 0 saturated carbocycles. The molecule has 0 aliphatic heterocycles. The number of aromatic nitrogens is 1. The van der Waals surface area contributed by atoms with Crippen LogP contribution in [-0.4, -0.2) is 34.9 Å². The maximum Gasteiger partial charge on any atom is 0.417 e. The first kappa shape index (κ1) is 17.7. The number of alkyl halides is 3. The predicted octanol–water partition coefficient (Wildman–Crippen LogP) is 2.94. The molecule has 0 aliphatic carbocycles. The van der Waals surface area contributed by atoms with Crippen LogP contribution in [0.25, 0.3) is 0 Å². The number of carbonyl (C=O) groups excluding carboxylic acids is 1. The molecule has 1 aromatic heterocycles. The minimum Gasteiger partial charge on any atom is -0.490 e. The largest absolute Gasteiger partial charge is 0.490 e. The van der Waals surface area contributed by atoms with Crippen molar-refractivity contribution in [2.45, 2.75) is 19.2 Å². The summed E-state index contributed by atoms with van der Waals surface area (Å²) in [5, 5.41) is 11.6. The van der Waals surface area contributed by atoms with E-state index in [4.69, 9.17) is 9.84 Å². The third-order valence-corrected chi connectivity index (χ3v) is 3.09. The molecular formula is C16H15F3N2O3. The van der Waals surface area contributed by atoms with Gasteiger partial charge in [0.25, 0.3) is 5.91 Å². The maximum atomic E-state index is 12.3. The molecule has 0 saturated heterocycles. The van der Waals surface area contributed by atoms with Crippen LogP contribution in [0.1, 0.15) is 15.9 Å². The van der Waals surface area contributed by atoms with Gasteiger partial charge in [0.2, 0.25) is 0 Å². The number of hydrogen-bond donors (Lipinski definition) is 2. The van der Waals surface area contributed by atoms with Gasteiger partial charge in [-0.25, -0.2) is 0 Å². The number of benzene rings is 1. The SMILES string of the molecule is Cc1ccc(OC[C@@H](O)C(F)(F)F)c(C(=O)Nc2ccncc2)c1. The summed E-state index contributed by atoms with van der Waals surface area (Å²) < 4.78 is 42.0. The van der Waals surface area contributed by atoms with E-state index in [0.717, 1.165) is 5.56 Å². The quantitative estimate of drug-likeness (QED) is 0.878. The van der Waals surface area contributed by atoms with Crippen molar-refractivity contribution in [1.82, 2.24) is 4.98 Å². The van der Waals surface area contributed by atoms with Gasteiger partial charge in [0.05, 0.1) is 5.56 Å². The number of aliphatic hydroxyl groups is 1. The first-order chi connectivity index (χ1) is 11.3. The number of nitrogens with one attached hydrogen (secondary N) is 1. The lowest BCUT2D eigenvalue weighted by molar-refractivity contribution is -0.210. The van der Waals surface area contributed by atoms with Crippen LogP contribution in [-0.2, 0) is 0 Å². The monoisotopic (exact) mass is 340 g/mol. The summed E-state index contributed by atoms with van der Waals surface area (Å²) in [6.07, 6.45) is -4.44. The van der Waals surface area contributed by atoms with Gasteiger partial charge in [-0.2, -0.15) is 13.2 Å². The molecule has 2 rings (SSSR count). The van der Waals surface area contributed by atoms with E-state index in [1.165, 1.54) is 24.5 Å². The van der Waals surface area contributed by atoms with Crippen LogP contribution in [0, 0.1) is 6.92 Å². The second kappa shape index (κ2) is 7.31. The highest BCUT2D eigenvalue weighted by atomic mass is 19.4. The zero-order chi connectivity index (χ0) is 17.7. The number of rotatable bonds is 5. The van der Waals surface area contributed by atoms with Crippen LogP contribution in [0.15, 0.2) is 42.7 Å². The zero-order valence-corrected chi connectivity index (χ0v) is 12.7. The van der Waals surface area contributed by atoms with Gasteiger partial charge in [-0.3, -0.25) is 9.78 Å². The van der Waals surface area contributed by atoms with E-state index in [2.05, 4.69) is 10.3 Å². The third kappa shape index (κ3) is 4.69. The van der Waals surface area contributed by atoms with Crippen LogP contribution < -0.4 is 10.1 Å². The molecule has 1 atom stereocenters. The maximum absolute atomic E-state index is 12.3. The summed E-state index contributed by atoms with van der Waals surface area (Å²) in [7, 11) is 0. The van der Waals surface area contributed by atoms with Crippen LogP contribution in [0.5, 0.6) is 5.75 Å². The van der Waals surface area contributed by atoms with Crippen molar-refractivity contribution < 1.29 is 27.8 Å². The van der Waals surface area contributed by atoms with Gasteiger partial charge in [0.15, 0.2) is 6.10 Å². The average molecular weight is 340 g/mol. The Labute approximate surface area is 136 Å². The molecule has 2 N–H and O–H groups in total. The molecule has 1 heterocycles. The summed E-state index contributed by atoms with van der Waals surface area (Å²) in [6.45, 7) is 0.736. The fraction of sp³-hybridized carbons (Fsp3) is 0.250. The van der Waals surface area contributed by atoms with E-state index in [1.54, 1.807) is 25.1 Å². The van der Waals surface area contributed by atoms with Crippen molar-refractivity contribution in [3.63, 3.8) is 0 Å². The number of carbonyl (C=O) groups is 1. The van der Waals surface area contributed by atoms with Gasteiger partial charge in [0.1, 0.15) is 12.4 Å². The molecule has 1 aromatic carbocycles. The second-order valence-electron chi connectivity index (χ2n) is 5.06. The molecule has 2 aromatic rings. The van der Waals surface area contributed by atoms with Crippen LogP contribution >= 0.6 is 0 Å². The lowest BCUT2D eigenvalue weighted by Gasteiger charge is -2.17. The molecule has 5 nitrogen and oxygen atoms in total. The minimum atomic E-state index is -4.79. The molecular weight excluding hydrogens is 325 g/mol. The number of pyridine rings is 1. The molecule has 0 radical (unpaired) electrons. The standard InChI is InChI=1S/C16H15F3N2O3/c1-10-2-3-13(24-9-14(22)16(17,18)19)12(8-10)15(23)21-11-4-6-20-7-5-11/h2-8,14,22H,9H2,1H3,(H,20,21,23)/t14-/m1/s1. The average Bonchev–Trinajstić information content (AvgIpc) is 2.53. The van der Waals surface area contributed by atoms with Gasteiger partial charge in [0, 0.05) is 18.1 Å². The van der Waals surface area contributed by atoms with Crippen molar-refractivity contribution in [3.05, 3.63) is 53.9 Å². The van der Waals surface area contributed by atoms with Crippen molar-refractivity contribution in [3.8, 4) is 5.75 Å². The Bertz CT molecular complexity index is 705. The van der Waals surface area contributed by atoms with Crippen molar-refractivity contribution >= 4 is 11.6 Å². The molecule has 24 heavy (non-hydrogen) atoms. The van der Waals surface area contributed by atoms with Gasteiger partial charge < -0.3 is 15.2 Å². The third-order valence-electron chi connectivity index (χ3n) is 3.09. The van der Waals surface area contributed by atoms with E-state index in [9.17, 15) is 18.0 Å². The van der Waals surface area contributed by atoms with Crippen LogP contribution in [0.4, 0.5) is 18.9 Å². The molecule has 1 amide bonds. The Hall–Kier alpha value is -2.61. The first-order valence-electron chi connectivity index (χ1n) is 6.97. The predicted molar refractivity (Wildman–Crippen MR) is 80.9 cm³/mol. The van der Waals surface area contributed by atoms with Crippen molar-refractivity contribution in [2.75, 3.05) is 11.9 Å². The summed E-state index contributed by atoms with van der Waals surface area (Å²) in [4.78, 5) is 16.2. The smallest absolute Gasteiger partial charge is 0.417 e.